The lowest BCUT2D eigenvalue weighted by Gasteiger charge is -2.36. The first-order valence-corrected chi connectivity index (χ1v) is 10.5. The predicted octanol–water partition coefficient (Wildman–Crippen LogP) is 3.05. The summed E-state index contributed by atoms with van der Waals surface area (Å²) in [6.45, 7) is 5.28. The number of benzene rings is 2. The van der Waals surface area contributed by atoms with E-state index in [0.29, 0.717) is 5.56 Å². The van der Waals surface area contributed by atoms with Crippen LogP contribution in [0.1, 0.15) is 25.8 Å². The van der Waals surface area contributed by atoms with Crippen molar-refractivity contribution in [3.8, 4) is 0 Å². The van der Waals surface area contributed by atoms with Gasteiger partial charge in [0.2, 0.25) is 5.91 Å². The van der Waals surface area contributed by atoms with Crippen molar-refractivity contribution >= 4 is 33.3 Å². The largest absolute Gasteiger partial charge is 0.352 e. The van der Waals surface area contributed by atoms with Gasteiger partial charge in [0, 0.05) is 6.04 Å². The maximum atomic E-state index is 13.2. The smallest absolute Gasteiger partial charge is 0.343 e. The molecule has 1 atom stereocenters. The molecule has 3 rings (SSSR count). The highest BCUT2D eigenvalue weighted by Gasteiger charge is 2.43. The highest BCUT2D eigenvalue weighted by molar-refractivity contribution is 7.94. The van der Waals surface area contributed by atoms with Gasteiger partial charge in [0.05, 0.1) is 11.4 Å². The molecule has 2 aromatic carbocycles. The van der Waals surface area contributed by atoms with E-state index in [1.54, 1.807) is 43.3 Å². The van der Waals surface area contributed by atoms with Crippen molar-refractivity contribution in [2.24, 2.45) is 0 Å². The van der Waals surface area contributed by atoms with Crippen LogP contribution in [0.25, 0.3) is 0 Å². The highest BCUT2D eigenvalue weighted by atomic mass is 32.2. The van der Waals surface area contributed by atoms with Crippen LogP contribution >= 0.6 is 0 Å². The Hall–Kier alpha value is -2.87. The molecular weight excluding hydrogens is 378 g/mol. The second-order valence-corrected chi connectivity index (χ2v) is 8.52. The monoisotopic (exact) mass is 401 g/mol. The predicted molar refractivity (Wildman–Crippen MR) is 108 cm³/mol. The van der Waals surface area contributed by atoms with Gasteiger partial charge in [0.25, 0.3) is 10.0 Å². The van der Waals surface area contributed by atoms with Crippen molar-refractivity contribution in [1.82, 2.24) is 5.32 Å². The van der Waals surface area contributed by atoms with E-state index in [-0.39, 0.29) is 34.8 Å². The lowest BCUT2D eigenvalue weighted by atomic mass is 10.2. The SMILES string of the molecule is CC[C@@H](C)NC(=O)CN1C(=O)N(c2ccccc2C)S(=O)(=O)c2ccccc21. The first kappa shape index (κ1) is 19.9. The van der Waals surface area contributed by atoms with E-state index in [0.717, 1.165) is 10.7 Å². The second kappa shape index (κ2) is 7.63. The summed E-state index contributed by atoms with van der Waals surface area (Å²) in [7, 11) is -4.09. The molecular formula is C20H23N3O4S. The van der Waals surface area contributed by atoms with Crippen molar-refractivity contribution in [2.45, 2.75) is 38.1 Å². The minimum atomic E-state index is -4.09. The average Bonchev–Trinajstić information content (AvgIpc) is 2.66. The number of urea groups is 1. The van der Waals surface area contributed by atoms with Crippen LogP contribution in [0.15, 0.2) is 53.4 Å². The lowest BCUT2D eigenvalue weighted by molar-refractivity contribution is -0.120. The molecule has 0 radical (unpaired) electrons. The molecule has 28 heavy (non-hydrogen) atoms. The first-order valence-electron chi connectivity index (χ1n) is 9.08. The summed E-state index contributed by atoms with van der Waals surface area (Å²) in [5.74, 6) is -0.346. The fraction of sp³-hybridized carbons (Fsp3) is 0.300. The number of aryl methyl sites for hydroxylation is 1. The normalized spacial score (nSPS) is 16.5. The molecule has 1 heterocycles. The van der Waals surface area contributed by atoms with Gasteiger partial charge >= 0.3 is 6.03 Å². The van der Waals surface area contributed by atoms with E-state index in [2.05, 4.69) is 5.32 Å². The number of nitrogens with one attached hydrogen (secondary N) is 1. The molecule has 3 amide bonds. The number of anilines is 2. The van der Waals surface area contributed by atoms with E-state index >= 15 is 0 Å². The van der Waals surface area contributed by atoms with Gasteiger partial charge in [0.1, 0.15) is 11.4 Å². The summed E-state index contributed by atoms with van der Waals surface area (Å²) < 4.78 is 27.2. The number of carbonyl (C=O) groups excluding carboxylic acids is 2. The van der Waals surface area contributed by atoms with E-state index < -0.39 is 16.1 Å². The third kappa shape index (κ3) is 3.47. The number of fused-ring (bicyclic) bond motifs is 1. The lowest BCUT2D eigenvalue weighted by Crippen LogP contribution is -2.54. The fourth-order valence-electron chi connectivity index (χ4n) is 3.05. The van der Waals surface area contributed by atoms with Crippen molar-refractivity contribution in [3.63, 3.8) is 0 Å². The standard InChI is InChI=1S/C20H23N3O4S/c1-4-15(3)21-19(24)13-22-17-11-7-8-12-18(17)28(26,27)23(20(22)25)16-10-6-5-9-14(16)2/h5-12,15H,4,13H2,1-3H3,(H,21,24)/t15-/m1/s1. The van der Waals surface area contributed by atoms with Gasteiger partial charge < -0.3 is 5.32 Å². The van der Waals surface area contributed by atoms with Gasteiger partial charge in [-0.1, -0.05) is 37.3 Å². The molecule has 2 aromatic rings. The van der Waals surface area contributed by atoms with Gasteiger partial charge in [-0.2, -0.15) is 4.31 Å². The molecule has 0 fully saturated rings. The van der Waals surface area contributed by atoms with E-state index in [1.165, 1.54) is 17.0 Å². The van der Waals surface area contributed by atoms with Crippen LogP contribution < -0.4 is 14.5 Å². The van der Waals surface area contributed by atoms with Crippen molar-refractivity contribution in [3.05, 3.63) is 54.1 Å². The molecule has 1 N–H and O–H groups in total. The number of hydrogen-bond donors (Lipinski definition) is 1. The summed E-state index contributed by atoms with van der Waals surface area (Å²) in [5, 5.41) is 2.81. The Labute approximate surface area is 165 Å². The van der Waals surface area contributed by atoms with Gasteiger partial charge in [-0.05, 0) is 44.0 Å². The van der Waals surface area contributed by atoms with Gasteiger partial charge in [-0.15, -0.1) is 0 Å². The molecule has 8 heteroatoms. The summed E-state index contributed by atoms with van der Waals surface area (Å²) in [5.41, 5.74) is 1.12. The zero-order chi connectivity index (χ0) is 20.5. The highest BCUT2D eigenvalue weighted by Crippen LogP contribution is 2.37. The van der Waals surface area contributed by atoms with E-state index in [4.69, 9.17) is 0 Å². The maximum absolute atomic E-state index is 13.2. The number of nitrogens with zero attached hydrogens (tertiary/aromatic N) is 2. The minimum absolute atomic E-state index is 0.00538. The quantitative estimate of drug-likeness (QED) is 0.834. The Kier molecular flexibility index (Phi) is 5.42. The summed E-state index contributed by atoms with van der Waals surface area (Å²) >= 11 is 0. The fourth-order valence-corrected chi connectivity index (χ4v) is 4.71. The molecule has 0 aromatic heterocycles. The molecule has 0 aliphatic carbocycles. The van der Waals surface area contributed by atoms with Gasteiger partial charge in [0.15, 0.2) is 0 Å². The summed E-state index contributed by atoms with van der Waals surface area (Å²) in [6.07, 6.45) is 0.750. The third-order valence-corrected chi connectivity index (χ3v) is 6.47. The molecule has 1 aliphatic heterocycles. The second-order valence-electron chi connectivity index (χ2n) is 6.77. The van der Waals surface area contributed by atoms with Crippen molar-refractivity contribution < 1.29 is 18.0 Å². The van der Waals surface area contributed by atoms with Gasteiger partial charge in [-0.25, -0.2) is 13.2 Å². The number of para-hydroxylation sites is 2. The zero-order valence-corrected chi connectivity index (χ0v) is 16.9. The Balaban J connectivity index is 2.09. The molecule has 0 spiro atoms. The number of hydrogen-bond acceptors (Lipinski definition) is 4. The molecule has 0 saturated heterocycles. The van der Waals surface area contributed by atoms with Crippen LogP contribution in [-0.4, -0.2) is 32.9 Å². The van der Waals surface area contributed by atoms with Crippen molar-refractivity contribution in [2.75, 3.05) is 15.7 Å². The van der Waals surface area contributed by atoms with Crippen LogP contribution in [0.2, 0.25) is 0 Å². The average molecular weight is 401 g/mol. The third-order valence-electron chi connectivity index (χ3n) is 4.73. The minimum Gasteiger partial charge on any atom is -0.352 e. The molecule has 7 nitrogen and oxygen atoms in total. The van der Waals surface area contributed by atoms with Crippen LogP contribution in [0.3, 0.4) is 0 Å². The summed E-state index contributed by atoms with van der Waals surface area (Å²) in [4.78, 5) is 26.9. The Bertz CT molecular complexity index is 1020. The Morgan fingerprint density at radius 2 is 1.68 bits per heavy atom. The van der Waals surface area contributed by atoms with Crippen LogP contribution in [0, 0.1) is 6.92 Å². The first-order chi connectivity index (χ1) is 13.3. The van der Waals surface area contributed by atoms with E-state index in [9.17, 15) is 18.0 Å². The molecule has 0 saturated carbocycles. The topological polar surface area (TPSA) is 86.8 Å². The molecule has 0 bridgehead atoms. The van der Waals surface area contributed by atoms with Gasteiger partial charge in [-0.3, -0.25) is 9.69 Å². The van der Waals surface area contributed by atoms with Crippen LogP contribution in [-0.2, 0) is 14.8 Å². The summed E-state index contributed by atoms with van der Waals surface area (Å²) in [6, 6.07) is 12.2. The number of rotatable bonds is 5. The zero-order valence-electron chi connectivity index (χ0n) is 16.0. The molecule has 148 valence electrons. The Morgan fingerprint density at radius 1 is 1.07 bits per heavy atom. The number of carbonyl (C=O) groups is 2. The maximum Gasteiger partial charge on any atom is 0.343 e. The number of amides is 3. The Morgan fingerprint density at radius 3 is 2.32 bits per heavy atom. The molecule has 0 unspecified atom stereocenters. The van der Waals surface area contributed by atoms with Crippen LogP contribution in [0.5, 0.6) is 0 Å². The van der Waals surface area contributed by atoms with Crippen LogP contribution in [0.4, 0.5) is 16.2 Å². The van der Waals surface area contributed by atoms with Crippen molar-refractivity contribution in [1.29, 1.82) is 0 Å². The number of sulfonamides is 1. The molecule has 1 aliphatic rings. The van der Waals surface area contributed by atoms with E-state index in [1.807, 2.05) is 13.8 Å².